The molecule has 0 bridgehead atoms. The van der Waals surface area contributed by atoms with Crippen LogP contribution in [-0.2, 0) is 6.42 Å². The Morgan fingerprint density at radius 3 is 2.58 bits per heavy atom. The molecular weight excluding hydrogens is 398 g/mol. The van der Waals surface area contributed by atoms with Crippen LogP contribution in [0.5, 0.6) is 23.0 Å². The minimum absolute atomic E-state index is 0.275. The number of carbonyl (C=O) groups excluding carboxylic acids is 1. The number of nitrogens with one attached hydrogen (secondary N) is 1. The van der Waals surface area contributed by atoms with Gasteiger partial charge in [0.2, 0.25) is 0 Å². The first kappa shape index (κ1) is 20.2. The number of fused-ring (bicyclic) bond motifs is 1. The summed E-state index contributed by atoms with van der Waals surface area (Å²) in [6, 6.07) is 14.3. The molecule has 8 heteroatoms. The van der Waals surface area contributed by atoms with Crippen molar-refractivity contribution in [2.45, 2.75) is 6.42 Å². The number of hydrogen-bond donors (Lipinski definition) is 1. The zero-order chi connectivity index (χ0) is 21.8. The van der Waals surface area contributed by atoms with Crippen LogP contribution in [0.2, 0.25) is 0 Å². The van der Waals surface area contributed by atoms with Gasteiger partial charge in [0.25, 0.3) is 5.91 Å². The second kappa shape index (κ2) is 8.74. The Balaban J connectivity index is 1.56. The van der Waals surface area contributed by atoms with Crippen LogP contribution in [0.1, 0.15) is 21.9 Å². The highest BCUT2D eigenvalue weighted by molar-refractivity contribution is 5.92. The number of ether oxygens (including phenoxy) is 3. The van der Waals surface area contributed by atoms with Crippen molar-refractivity contribution in [1.82, 2.24) is 15.3 Å². The maximum absolute atomic E-state index is 11.8. The lowest BCUT2D eigenvalue weighted by atomic mass is 10.1. The lowest BCUT2D eigenvalue weighted by Gasteiger charge is -2.08. The van der Waals surface area contributed by atoms with Crippen molar-refractivity contribution in [1.29, 1.82) is 0 Å². The van der Waals surface area contributed by atoms with Crippen molar-refractivity contribution >= 4 is 17.0 Å². The average molecular weight is 419 g/mol. The van der Waals surface area contributed by atoms with Gasteiger partial charge in [0.1, 0.15) is 34.2 Å². The van der Waals surface area contributed by atoms with Gasteiger partial charge in [-0.3, -0.25) is 9.78 Å². The number of hydrogen-bond acceptors (Lipinski definition) is 7. The molecular formula is C23H21N3O5. The number of carbonyl (C=O) groups is 1. The van der Waals surface area contributed by atoms with Gasteiger partial charge in [-0.05, 0) is 24.3 Å². The van der Waals surface area contributed by atoms with Gasteiger partial charge in [0.05, 0.1) is 20.6 Å². The largest absolute Gasteiger partial charge is 0.497 e. The monoisotopic (exact) mass is 419 g/mol. The molecule has 0 saturated heterocycles. The Labute approximate surface area is 178 Å². The number of rotatable bonds is 7. The average Bonchev–Trinajstić information content (AvgIpc) is 3.20. The van der Waals surface area contributed by atoms with Crippen LogP contribution < -0.4 is 19.5 Å². The summed E-state index contributed by atoms with van der Waals surface area (Å²) >= 11 is 0. The molecule has 8 nitrogen and oxygen atoms in total. The molecule has 2 heterocycles. The number of amides is 1. The van der Waals surface area contributed by atoms with E-state index in [0.29, 0.717) is 35.1 Å². The third-order valence-electron chi connectivity index (χ3n) is 4.67. The molecule has 1 amide bonds. The van der Waals surface area contributed by atoms with E-state index in [1.165, 1.54) is 6.20 Å². The van der Waals surface area contributed by atoms with E-state index in [1.54, 1.807) is 45.5 Å². The second-order valence-corrected chi connectivity index (χ2v) is 6.65. The summed E-state index contributed by atoms with van der Waals surface area (Å²) in [6.45, 7) is 0. The fourth-order valence-electron chi connectivity index (χ4n) is 3.12. The summed E-state index contributed by atoms with van der Waals surface area (Å²) < 4.78 is 22.5. The summed E-state index contributed by atoms with van der Waals surface area (Å²) in [5.41, 5.74) is 2.53. The highest BCUT2D eigenvalue weighted by atomic mass is 16.5. The Kier molecular flexibility index (Phi) is 5.70. The highest BCUT2D eigenvalue weighted by Crippen LogP contribution is 2.29. The first-order valence-corrected chi connectivity index (χ1v) is 9.56. The van der Waals surface area contributed by atoms with Crippen LogP contribution in [0.15, 0.2) is 59.1 Å². The van der Waals surface area contributed by atoms with Gasteiger partial charge in [0, 0.05) is 37.0 Å². The fraction of sp³-hybridized carbons (Fsp3) is 0.174. The van der Waals surface area contributed by atoms with E-state index in [0.717, 1.165) is 16.8 Å². The number of methoxy groups -OCH3 is 2. The Morgan fingerprint density at radius 1 is 1.00 bits per heavy atom. The van der Waals surface area contributed by atoms with E-state index in [9.17, 15) is 4.79 Å². The molecule has 158 valence electrons. The van der Waals surface area contributed by atoms with E-state index in [2.05, 4.69) is 15.3 Å². The molecule has 2 aromatic heterocycles. The zero-order valence-corrected chi connectivity index (χ0v) is 17.3. The third-order valence-corrected chi connectivity index (χ3v) is 4.67. The summed E-state index contributed by atoms with van der Waals surface area (Å²) in [6.07, 6.45) is 1.99. The molecule has 2 aromatic carbocycles. The van der Waals surface area contributed by atoms with Crippen LogP contribution in [0, 0.1) is 0 Å². The fourth-order valence-corrected chi connectivity index (χ4v) is 3.12. The number of pyridine rings is 1. The summed E-state index contributed by atoms with van der Waals surface area (Å²) in [5.74, 6) is 2.75. The van der Waals surface area contributed by atoms with Gasteiger partial charge in [-0.2, -0.15) is 0 Å². The number of nitrogens with zero attached hydrogens (tertiary/aromatic N) is 2. The van der Waals surface area contributed by atoms with Crippen molar-refractivity contribution in [2.24, 2.45) is 0 Å². The van der Waals surface area contributed by atoms with E-state index >= 15 is 0 Å². The van der Waals surface area contributed by atoms with E-state index in [-0.39, 0.29) is 11.6 Å². The summed E-state index contributed by atoms with van der Waals surface area (Å²) in [5, 5.41) is 2.54. The predicted octanol–water partition coefficient (Wildman–Crippen LogP) is 3.98. The van der Waals surface area contributed by atoms with Gasteiger partial charge in [-0.25, -0.2) is 4.98 Å². The van der Waals surface area contributed by atoms with Gasteiger partial charge >= 0.3 is 0 Å². The topological polar surface area (TPSA) is 95.7 Å². The lowest BCUT2D eigenvalue weighted by molar-refractivity contribution is 0.0958. The van der Waals surface area contributed by atoms with Crippen LogP contribution >= 0.6 is 0 Å². The number of aromatic nitrogens is 2. The first-order valence-electron chi connectivity index (χ1n) is 9.56. The van der Waals surface area contributed by atoms with E-state index in [1.807, 2.05) is 24.3 Å². The van der Waals surface area contributed by atoms with Crippen molar-refractivity contribution in [2.75, 3.05) is 21.3 Å². The van der Waals surface area contributed by atoms with Gasteiger partial charge < -0.3 is 23.9 Å². The van der Waals surface area contributed by atoms with E-state index in [4.69, 9.17) is 18.6 Å². The SMILES string of the molecule is CNC(=O)c1cc(Oc2ccc3nc(Cc4ccc(OC)cc4OC)oc3c2)ccn1. The molecule has 0 aliphatic heterocycles. The number of benzene rings is 2. The Hall–Kier alpha value is -4.07. The second-order valence-electron chi connectivity index (χ2n) is 6.65. The minimum Gasteiger partial charge on any atom is -0.497 e. The summed E-state index contributed by atoms with van der Waals surface area (Å²) in [7, 11) is 4.78. The molecule has 0 aliphatic carbocycles. The molecule has 31 heavy (non-hydrogen) atoms. The van der Waals surface area contributed by atoms with Crippen LogP contribution in [-0.4, -0.2) is 37.1 Å². The van der Waals surface area contributed by atoms with Gasteiger partial charge in [-0.1, -0.05) is 6.07 Å². The smallest absolute Gasteiger partial charge is 0.269 e. The minimum atomic E-state index is -0.283. The maximum atomic E-state index is 11.8. The maximum Gasteiger partial charge on any atom is 0.269 e. The molecule has 4 rings (SSSR count). The lowest BCUT2D eigenvalue weighted by Crippen LogP contribution is -2.18. The zero-order valence-electron chi connectivity index (χ0n) is 17.3. The van der Waals surface area contributed by atoms with E-state index < -0.39 is 0 Å². The highest BCUT2D eigenvalue weighted by Gasteiger charge is 2.13. The number of oxazole rings is 1. The molecule has 0 unspecified atom stereocenters. The van der Waals surface area contributed by atoms with Gasteiger partial charge in [-0.15, -0.1) is 0 Å². The molecule has 4 aromatic rings. The molecule has 0 saturated carbocycles. The van der Waals surface area contributed by atoms with Crippen LogP contribution in [0.25, 0.3) is 11.1 Å². The Morgan fingerprint density at radius 2 is 1.81 bits per heavy atom. The predicted molar refractivity (Wildman–Crippen MR) is 114 cm³/mol. The Bertz CT molecular complexity index is 1240. The first-order chi connectivity index (χ1) is 15.1. The normalized spacial score (nSPS) is 10.7. The molecule has 0 atom stereocenters. The molecule has 0 fully saturated rings. The third kappa shape index (κ3) is 4.42. The van der Waals surface area contributed by atoms with Crippen molar-refractivity contribution < 1.29 is 23.4 Å². The van der Waals surface area contributed by atoms with Crippen molar-refractivity contribution in [3.05, 3.63) is 71.9 Å². The molecule has 0 spiro atoms. The van der Waals surface area contributed by atoms with Crippen LogP contribution in [0.3, 0.4) is 0 Å². The van der Waals surface area contributed by atoms with Crippen molar-refractivity contribution in [3.63, 3.8) is 0 Å². The molecule has 1 N–H and O–H groups in total. The molecule has 0 radical (unpaired) electrons. The standard InChI is InChI=1S/C23H21N3O5/c1-24-23(27)19-11-17(8-9-25-19)30-16-6-7-18-21(13-16)31-22(26-18)10-14-4-5-15(28-2)12-20(14)29-3/h4-9,11-13H,10H2,1-3H3,(H,24,27). The van der Waals surface area contributed by atoms with Crippen LogP contribution in [0.4, 0.5) is 0 Å². The quantitative estimate of drug-likeness (QED) is 0.484. The molecule has 0 aliphatic rings. The summed E-state index contributed by atoms with van der Waals surface area (Å²) in [4.78, 5) is 20.3. The van der Waals surface area contributed by atoms with Gasteiger partial charge in [0.15, 0.2) is 11.5 Å². The van der Waals surface area contributed by atoms with Crippen molar-refractivity contribution in [3.8, 4) is 23.0 Å².